The van der Waals surface area contributed by atoms with Crippen LogP contribution in [0, 0.1) is 0 Å². The molecule has 0 spiro atoms. The third-order valence-electron chi connectivity index (χ3n) is 2.97. The van der Waals surface area contributed by atoms with Gasteiger partial charge in [0.2, 0.25) is 5.91 Å². The van der Waals surface area contributed by atoms with Crippen molar-refractivity contribution in [1.29, 1.82) is 0 Å². The maximum Gasteiger partial charge on any atom is 0.238 e. The molecule has 0 bridgehead atoms. The standard InChI is InChI=1S/C10H20N2O3S/c1-8(16(2,14)15)10(13)12-7-5-9-4-3-6-11-9/h8-9,11H,3-7H2,1-2H3,(H,12,13)/t8?,9-/m1/s1. The maximum atomic E-state index is 11.5. The number of hydrogen-bond donors (Lipinski definition) is 2. The molecule has 0 radical (unpaired) electrons. The first-order valence-corrected chi connectivity index (χ1v) is 7.56. The molecular weight excluding hydrogens is 228 g/mol. The van der Waals surface area contributed by atoms with Crippen LogP contribution in [0.4, 0.5) is 0 Å². The Morgan fingerprint density at radius 2 is 2.25 bits per heavy atom. The quantitative estimate of drug-likeness (QED) is 0.699. The Hall–Kier alpha value is -0.620. The van der Waals surface area contributed by atoms with Crippen LogP contribution in [0.3, 0.4) is 0 Å². The predicted molar refractivity (Wildman–Crippen MR) is 63.0 cm³/mol. The molecule has 16 heavy (non-hydrogen) atoms. The fraction of sp³-hybridized carbons (Fsp3) is 0.900. The van der Waals surface area contributed by atoms with Crippen LogP contribution in [0.1, 0.15) is 26.2 Å². The molecule has 1 unspecified atom stereocenters. The Labute approximate surface area is 96.9 Å². The summed E-state index contributed by atoms with van der Waals surface area (Å²) in [5, 5.41) is 5.02. The summed E-state index contributed by atoms with van der Waals surface area (Å²) >= 11 is 0. The van der Waals surface area contributed by atoms with E-state index >= 15 is 0 Å². The minimum absolute atomic E-state index is 0.402. The Morgan fingerprint density at radius 3 is 2.75 bits per heavy atom. The van der Waals surface area contributed by atoms with E-state index in [4.69, 9.17) is 0 Å². The van der Waals surface area contributed by atoms with Crippen molar-refractivity contribution in [2.24, 2.45) is 0 Å². The van der Waals surface area contributed by atoms with Crippen LogP contribution >= 0.6 is 0 Å². The van der Waals surface area contributed by atoms with E-state index in [-0.39, 0.29) is 0 Å². The predicted octanol–water partition coefficient (Wildman–Crippen LogP) is -0.322. The summed E-state index contributed by atoms with van der Waals surface area (Å²) in [4.78, 5) is 11.5. The highest BCUT2D eigenvalue weighted by Crippen LogP contribution is 2.07. The van der Waals surface area contributed by atoms with Gasteiger partial charge in [-0.2, -0.15) is 0 Å². The van der Waals surface area contributed by atoms with Crippen molar-refractivity contribution in [1.82, 2.24) is 10.6 Å². The molecule has 1 amide bonds. The van der Waals surface area contributed by atoms with Crippen molar-refractivity contribution in [3.05, 3.63) is 0 Å². The average molecular weight is 248 g/mol. The second-order valence-electron chi connectivity index (χ2n) is 4.34. The molecule has 0 aromatic rings. The van der Waals surface area contributed by atoms with Crippen LogP contribution in [-0.2, 0) is 14.6 Å². The molecule has 1 heterocycles. The summed E-state index contributed by atoms with van der Waals surface area (Å²) in [5.41, 5.74) is 0. The lowest BCUT2D eigenvalue weighted by Gasteiger charge is -2.13. The fourth-order valence-corrected chi connectivity index (χ4v) is 2.18. The number of sulfone groups is 1. The van der Waals surface area contributed by atoms with Gasteiger partial charge < -0.3 is 10.6 Å². The average Bonchev–Trinajstić information content (AvgIpc) is 2.67. The second-order valence-corrected chi connectivity index (χ2v) is 6.71. The molecule has 0 aromatic heterocycles. The first kappa shape index (κ1) is 13.4. The van der Waals surface area contributed by atoms with E-state index in [0.29, 0.717) is 12.6 Å². The minimum atomic E-state index is -3.28. The highest BCUT2D eigenvalue weighted by Gasteiger charge is 2.23. The highest BCUT2D eigenvalue weighted by molar-refractivity contribution is 7.92. The number of amides is 1. The van der Waals surface area contributed by atoms with Crippen LogP contribution in [0.25, 0.3) is 0 Å². The zero-order valence-electron chi connectivity index (χ0n) is 9.82. The Bertz CT molecular complexity index is 334. The van der Waals surface area contributed by atoms with E-state index in [9.17, 15) is 13.2 Å². The summed E-state index contributed by atoms with van der Waals surface area (Å²) in [6.07, 6.45) is 4.26. The summed E-state index contributed by atoms with van der Waals surface area (Å²) < 4.78 is 22.2. The Kier molecular flexibility index (Phi) is 4.73. The zero-order chi connectivity index (χ0) is 12.2. The third-order valence-corrected chi connectivity index (χ3v) is 4.46. The Morgan fingerprint density at radius 1 is 1.56 bits per heavy atom. The molecule has 2 atom stereocenters. The van der Waals surface area contributed by atoms with Crippen molar-refractivity contribution < 1.29 is 13.2 Å². The van der Waals surface area contributed by atoms with E-state index in [0.717, 1.165) is 25.6 Å². The van der Waals surface area contributed by atoms with Crippen molar-refractivity contribution >= 4 is 15.7 Å². The molecule has 5 nitrogen and oxygen atoms in total. The van der Waals surface area contributed by atoms with Crippen molar-refractivity contribution in [3.63, 3.8) is 0 Å². The molecule has 0 aliphatic carbocycles. The molecule has 0 aromatic carbocycles. The highest BCUT2D eigenvalue weighted by atomic mass is 32.2. The molecule has 1 fully saturated rings. The van der Waals surface area contributed by atoms with Gasteiger partial charge in [-0.3, -0.25) is 4.79 Å². The van der Waals surface area contributed by atoms with Crippen LogP contribution in [0.2, 0.25) is 0 Å². The third kappa shape index (κ3) is 4.09. The van der Waals surface area contributed by atoms with Crippen LogP contribution in [-0.4, -0.2) is 45.0 Å². The molecule has 1 aliphatic heterocycles. The molecular formula is C10H20N2O3S. The fourth-order valence-electron chi connectivity index (χ4n) is 1.71. The summed E-state index contributed by atoms with van der Waals surface area (Å²) in [5.74, 6) is -0.402. The number of rotatable bonds is 5. The van der Waals surface area contributed by atoms with Gasteiger partial charge in [0, 0.05) is 18.8 Å². The van der Waals surface area contributed by atoms with Gasteiger partial charge in [-0.1, -0.05) is 0 Å². The number of nitrogens with one attached hydrogen (secondary N) is 2. The molecule has 1 rings (SSSR count). The van der Waals surface area contributed by atoms with Crippen molar-refractivity contribution in [3.8, 4) is 0 Å². The van der Waals surface area contributed by atoms with Crippen molar-refractivity contribution in [2.45, 2.75) is 37.5 Å². The Balaban J connectivity index is 2.24. The smallest absolute Gasteiger partial charge is 0.238 e. The van der Waals surface area contributed by atoms with Crippen LogP contribution in [0.15, 0.2) is 0 Å². The van der Waals surface area contributed by atoms with E-state index in [1.54, 1.807) is 0 Å². The number of carbonyl (C=O) groups excluding carboxylic acids is 1. The number of hydrogen-bond acceptors (Lipinski definition) is 4. The minimum Gasteiger partial charge on any atom is -0.355 e. The van der Waals surface area contributed by atoms with Gasteiger partial charge in [-0.25, -0.2) is 8.42 Å². The lowest BCUT2D eigenvalue weighted by Crippen LogP contribution is -2.39. The maximum absolute atomic E-state index is 11.5. The molecule has 94 valence electrons. The normalized spacial score (nSPS) is 23.0. The van der Waals surface area contributed by atoms with E-state index < -0.39 is 21.0 Å². The first-order valence-electron chi connectivity index (χ1n) is 5.61. The first-order chi connectivity index (χ1) is 7.41. The summed E-state index contributed by atoms with van der Waals surface area (Å²) in [6.45, 7) is 2.99. The molecule has 0 saturated carbocycles. The monoisotopic (exact) mass is 248 g/mol. The molecule has 1 aliphatic rings. The van der Waals surface area contributed by atoms with E-state index in [1.165, 1.54) is 13.3 Å². The molecule has 2 N–H and O–H groups in total. The molecule has 6 heteroatoms. The van der Waals surface area contributed by atoms with Crippen LogP contribution in [0.5, 0.6) is 0 Å². The molecule has 1 saturated heterocycles. The van der Waals surface area contributed by atoms with E-state index in [1.807, 2.05) is 0 Å². The van der Waals surface area contributed by atoms with Gasteiger partial charge in [-0.05, 0) is 32.7 Å². The topological polar surface area (TPSA) is 75.3 Å². The lowest BCUT2D eigenvalue weighted by molar-refractivity contribution is -0.120. The second kappa shape index (κ2) is 5.63. The van der Waals surface area contributed by atoms with Gasteiger partial charge in [0.15, 0.2) is 9.84 Å². The summed E-state index contributed by atoms with van der Waals surface area (Å²) in [6, 6.07) is 0.467. The summed E-state index contributed by atoms with van der Waals surface area (Å²) in [7, 11) is -3.28. The number of carbonyl (C=O) groups is 1. The zero-order valence-corrected chi connectivity index (χ0v) is 10.6. The van der Waals surface area contributed by atoms with Gasteiger partial charge in [0.25, 0.3) is 0 Å². The van der Waals surface area contributed by atoms with Crippen LogP contribution < -0.4 is 10.6 Å². The van der Waals surface area contributed by atoms with Gasteiger partial charge >= 0.3 is 0 Å². The largest absolute Gasteiger partial charge is 0.355 e. The van der Waals surface area contributed by atoms with Crippen molar-refractivity contribution in [2.75, 3.05) is 19.3 Å². The van der Waals surface area contributed by atoms with E-state index in [2.05, 4.69) is 10.6 Å². The SMILES string of the molecule is CC(C(=O)NCC[C@H]1CCCN1)S(C)(=O)=O. The lowest BCUT2D eigenvalue weighted by atomic mass is 10.1. The van der Waals surface area contributed by atoms with Gasteiger partial charge in [0.05, 0.1) is 0 Å². The van der Waals surface area contributed by atoms with Gasteiger partial charge in [-0.15, -0.1) is 0 Å². The van der Waals surface area contributed by atoms with Gasteiger partial charge in [0.1, 0.15) is 5.25 Å².